The molecule has 11 heteroatoms. The third kappa shape index (κ3) is 6.96. The van der Waals surface area contributed by atoms with Gasteiger partial charge in [0.05, 0.1) is 32.5 Å². The number of methoxy groups -OCH3 is 3. The summed E-state index contributed by atoms with van der Waals surface area (Å²) >= 11 is 0. The lowest BCUT2D eigenvalue weighted by atomic mass is 10.1. The summed E-state index contributed by atoms with van der Waals surface area (Å²) in [6.45, 7) is 1.74. The molecule has 1 amide bonds. The van der Waals surface area contributed by atoms with Gasteiger partial charge in [-0.3, -0.25) is 4.79 Å². The van der Waals surface area contributed by atoms with Gasteiger partial charge in [-0.15, -0.1) is 0 Å². The molecule has 0 unspecified atom stereocenters. The fourth-order valence-electron chi connectivity index (χ4n) is 3.68. The van der Waals surface area contributed by atoms with Crippen LogP contribution in [0.15, 0.2) is 71.6 Å². The molecule has 200 valence electrons. The number of esters is 2. The number of hydrogen-bond acceptors (Lipinski definition) is 8. The molecule has 0 bridgehead atoms. The summed E-state index contributed by atoms with van der Waals surface area (Å²) in [6, 6.07) is 16.2. The molecule has 0 radical (unpaired) electrons. The molecule has 10 nitrogen and oxygen atoms in total. The molecule has 0 saturated heterocycles. The van der Waals surface area contributed by atoms with Gasteiger partial charge in [0.1, 0.15) is 16.7 Å². The van der Waals surface area contributed by atoms with Gasteiger partial charge in [-0.25, -0.2) is 18.0 Å². The molecule has 0 aliphatic heterocycles. The Hall–Kier alpha value is -4.22. The fourth-order valence-corrected chi connectivity index (χ4v) is 5.13. The minimum absolute atomic E-state index is 0.00427. The summed E-state index contributed by atoms with van der Waals surface area (Å²) in [5, 5.41) is 2.60. The first-order valence-electron chi connectivity index (χ1n) is 11.4. The highest BCUT2D eigenvalue weighted by molar-refractivity contribution is 7.89. The average Bonchev–Trinajstić information content (AvgIpc) is 2.91. The topological polar surface area (TPSA) is 137 Å². The van der Waals surface area contributed by atoms with Gasteiger partial charge in [0.15, 0.2) is 0 Å². The number of sulfonamides is 1. The SMILES string of the molecule is COC(=O)c1cc(NC(=O)[C@@H](Cc2ccccc2)NS(=O)(=O)c2cc(C)ccc2OC)cc(C(=O)OC)c1. The summed E-state index contributed by atoms with van der Waals surface area (Å²) in [5.74, 6) is -2.07. The van der Waals surface area contributed by atoms with Crippen LogP contribution in [-0.4, -0.2) is 53.6 Å². The summed E-state index contributed by atoms with van der Waals surface area (Å²) in [7, 11) is -0.513. The molecule has 38 heavy (non-hydrogen) atoms. The zero-order valence-corrected chi connectivity index (χ0v) is 22.1. The van der Waals surface area contributed by atoms with Crippen LogP contribution in [0.3, 0.4) is 0 Å². The Kier molecular flexibility index (Phi) is 9.21. The summed E-state index contributed by atoms with van der Waals surface area (Å²) in [5.41, 5.74) is 1.45. The van der Waals surface area contributed by atoms with E-state index in [1.807, 2.05) is 0 Å². The number of benzene rings is 3. The second-order valence-corrected chi connectivity index (χ2v) is 9.97. The minimum atomic E-state index is -4.22. The van der Waals surface area contributed by atoms with Gasteiger partial charge in [-0.1, -0.05) is 36.4 Å². The van der Waals surface area contributed by atoms with Crippen LogP contribution >= 0.6 is 0 Å². The van der Waals surface area contributed by atoms with Crippen LogP contribution in [0.2, 0.25) is 0 Å². The standard InChI is InChI=1S/C27H28N2O8S/c1-17-10-11-23(35-2)24(12-17)38(33,34)29-22(13-18-8-6-5-7-9-18)25(30)28-21-15-19(26(31)36-3)14-20(16-21)27(32)37-4/h5-12,14-16,22,29H,13H2,1-4H3,(H,28,30)/t22-/m1/s1. The van der Waals surface area contributed by atoms with Crippen molar-refractivity contribution in [3.63, 3.8) is 0 Å². The number of anilines is 1. The monoisotopic (exact) mass is 540 g/mol. The smallest absolute Gasteiger partial charge is 0.337 e. The number of rotatable bonds is 10. The largest absolute Gasteiger partial charge is 0.495 e. The van der Waals surface area contributed by atoms with Gasteiger partial charge < -0.3 is 19.5 Å². The molecule has 3 aromatic carbocycles. The maximum Gasteiger partial charge on any atom is 0.337 e. The molecule has 0 aliphatic carbocycles. The number of amides is 1. The molecule has 0 aromatic heterocycles. The van der Waals surface area contributed by atoms with E-state index in [4.69, 9.17) is 14.2 Å². The van der Waals surface area contributed by atoms with Crippen molar-refractivity contribution in [2.75, 3.05) is 26.6 Å². The van der Waals surface area contributed by atoms with Gasteiger partial charge in [-0.05, 0) is 54.8 Å². The molecule has 3 rings (SSSR count). The Morgan fingerprint density at radius 2 is 1.45 bits per heavy atom. The first-order valence-corrected chi connectivity index (χ1v) is 12.9. The molecule has 3 aromatic rings. The van der Waals surface area contributed by atoms with Gasteiger partial charge >= 0.3 is 11.9 Å². The highest BCUT2D eigenvalue weighted by atomic mass is 32.2. The number of carbonyl (C=O) groups excluding carboxylic acids is 3. The van der Waals surface area contributed by atoms with Gasteiger partial charge in [0, 0.05) is 5.69 Å². The van der Waals surface area contributed by atoms with Crippen LogP contribution in [0.4, 0.5) is 5.69 Å². The quantitative estimate of drug-likeness (QED) is 0.374. The van der Waals surface area contributed by atoms with Crippen molar-refractivity contribution in [3.05, 3.63) is 89.0 Å². The van der Waals surface area contributed by atoms with Crippen LogP contribution in [0.1, 0.15) is 31.8 Å². The van der Waals surface area contributed by atoms with Gasteiger partial charge in [0.25, 0.3) is 0 Å². The maximum atomic E-state index is 13.4. The number of ether oxygens (including phenoxy) is 3. The Bertz CT molecular complexity index is 1400. The molecule has 0 spiro atoms. The lowest BCUT2D eigenvalue weighted by Crippen LogP contribution is -2.45. The van der Waals surface area contributed by atoms with Crippen LogP contribution in [0, 0.1) is 6.92 Å². The normalized spacial score (nSPS) is 11.8. The van der Waals surface area contributed by atoms with Gasteiger partial charge in [0.2, 0.25) is 15.9 Å². The Labute approximate surface area is 221 Å². The molecule has 0 heterocycles. The van der Waals surface area contributed by atoms with Crippen LogP contribution < -0.4 is 14.8 Å². The van der Waals surface area contributed by atoms with Crippen molar-refractivity contribution in [2.45, 2.75) is 24.3 Å². The number of hydrogen-bond donors (Lipinski definition) is 2. The highest BCUT2D eigenvalue weighted by Crippen LogP contribution is 2.25. The van der Waals surface area contributed by atoms with E-state index in [2.05, 4.69) is 10.0 Å². The molecular formula is C27H28N2O8S. The van der Waals surface area contributed by atoms with Crippen LogP contribution in [0.25, 0.3) is 0 Å². The summed E-state index contributed by atoms with van der Waals surface area (Å²) in [6.07, 6.45) is 0.0145. The Balaban J connectivity index is 1.99. The molecule has 1 atom stereocenters. The van der Waals surface area contributed by atoms with E-state index in [0.29, 0.717) is 11.1 Å². The van der Waals surface area contributed by atoms with E-state index < -0.39 is 33.9 Å². The zero-order chi connectivity index (χ0) is 27.9. The number of nitrogens with one attached hydrogen (secondary N) is 2. The van der Waals surface area contributed by atoms with E-state index in [-0.39, 0.29) is 33.9 Å². The molecule has 0 aliphatic rings. The summed E-state index contributed by atoms with van der Waals surface area (Å²) < 4.78 is 43.9. The first kappa shape index (κ1) is 28.4. The predicted octanol–water partition coefficient (Wildman–Crippen LogP) is 3.11. The minimum Gasteiger partial charge on any atom is -0.495 e. The molecule has 0 saturated carbocycles. The van der Waals surface area contributed by atoms with E-state index in [9.17, 15) is 22.8 Å². The van der Waals surface area contributed by atoms with E-state index >= 15 is 0 Å². The zero-order valence-electron chi connectivity index (χ0n) is 21.3. The maximum absolute atomic E-state index is 13.4. The fraction of sp³-hybridized carbons (Fsp3) is 0.222. The van der Waals surface area contributed by atoms with E-state index in [0.717, 1.165) is 0 Å². The van der Waals surface area contributed by atoms with Crippen molar-refractivity contribution in [2.24, 2.45) is 0 Å². The van der Waals surface area contributed by atoms with Gasteiger partial charge in [-0.2, -0.15) is 4.72 Å². The Morgan fingerprint density at radius 1 is 0.842 bits per heavy atom. The molecule has 2 N–H and O–H groups in total. The highest BCUT2D eigenvalue weighted by Gasteiger charge is 2.29. The lowest BCUT2D eigenvalue weighted by Gasteiger charge is -2.20. The van der Waals surface area contributed by atoms with E-state index in [1.54, 1.807) is 43.3 Å². The first-order chi connectivity index (χ1) is 18.1. The van der Waals surface area contributed by atoms with Crippen molar-refractivity contribution in [1.29, 1.82) is 0 Å². The second-order valence-electron chi connectivity index (χ2n) is 8.29. The number of aryl methyl sites for hydroxylation is 1. The van der Waals surface area contributed by atoms with E-state index in [1.165, 1.54) is 51.7 Å². The van der Waals surface area contributed by atoms with Crippen molar-refractivity contribution >= 4 is 33.6 Å². The molecular weight excluding hydrogens is 512 g/mol. The Morgan fingerprint density at radius 3 is 2.00 bits per heavy atom. The average molecular weight is 541 g/mol. The van der Waals surface area contributed by atoms with Crippen LogP contribution in [-0.2, 0) is 30.7 Å². The van der Waals surface area contributed by atoms with Crippen molar-refractivity contribution in [1.82, 2.24) is 4.72 Å². The predicted molar refractivity (Wildman–Crippen MR) is 140 cm³/mol. The second kappa shape index (κ2) is 12.3. The summed E-state index contributed by atoms with van der Waals surface area (Å²) in [4.78, 5) is 37.6. The van der Waals surface area contributed by atoms with Crippen LogP contribution in [0.5, 0.6) is 5.75 Å². The lowest BCUT2D eigenvalue weighted by molar-refractivity contribution is -0.117. The molecule has 0 fully saturated rings. The van der Waals surface area contributed by atoms with Crippen molar-refractivity contribution in [3.8, 4) is 5.75 Å². The van der Waals surface area contributed by atoms with Crippen molar-refractivity contribution < 1.29 is 37.0 Å². The number of carbonyl (C=O) groups is 3. The third-order valence-electron chi connectivity index (χ3n) is 5.55. The third-order valence-corrected chi connectivity index (χ3v) is 7.04.